The summed E-state index contributed by atoms with van der Waals surface area (Å²) in [5.74, 6) is -0.636. The van der Waals surface area contributed by atoms with E-state index in [-0.39, 0.29) is 28.8 Å². The smallest absolute Gasteiger partial charge is 0.315 e. The molecule has 4 saturated carbocycles. The molecule has 0 amide bonds. The summed E-state index contributed by atoms with van der Waals surface area (Å²) in [5.41, 5.74) is -1.54. The lowest BCUT2D eigenvalue weighted by atomic mass is 9.33. The lowest BCUT2D eigenvalue weighted by molar-refractivity contribution is -0.298. The third-order valence-corrected chi connectivity index (χ3v) is 15.5. The fourth-order valence-corrected chi connectivity index (χ4v) is 12.0. The van der Waals surface area contributed by atoms with E-state index in [1.165, 1.54) is 0 Å². The number of rotatable bonds is 4. The van der Waals surface area contributed by atoms with Crippen molar-refractivity contribution in [2.24, 2.45) is 50.2 Å². The molecule has 5 aliphatic carbocycles. The second-order valence-corrected chi connectivity index (χ2v) is 17.7. The summed E-state index contributed by atoms with van der Waals surface area (Å²) in [4.78, 5) is 14.4. The Morgan fingerprint density at radius 1 is 0.848 bits per heavy atom. The molecule has 0 aromatic rings. The van der Waals surface area contributed by atoms with Gasteiger partial charge in [-0.25, -0.2) is 0 Å². The number of allylic oxidation sites excluding steroid dienone is 1. The van der Waals surface area contributed by atoms with Crippen LogP contribution in [0.5, 0.6) is 0 Å². The van der Waals surface area contributed by atoms with E-state index in [4.69, 9.17) is 9.47 Å². The van der Waals surface area contributed by atoms with Crippen LogP contribution in [0.1, 0.15) is 99.3 Å². The van der Waals surface area contributed by atoms with Crippen molar-refractivity contribution < 1.29 is 50.0 Å². The predicted molar refractivity (Wildman–Crippen MR) is 168 cm³/mol. The molecule has 6 rings (SSSR count). The van der Waals surface area contributed by atoms with Crippen LogP contribution in [0.2, 0.25) is 0 Å². The molecule has 0 aromatic heterocycles. The van der Waals surface area contributed by atoms with E-state index in [2.05, 4.69) is 26.8 Å². The Kier molecular flexibility index (Phi) is 8.46. The minimum absolute atomic E-state index is 0.0430. The molecule has 0 unspecified atom stereocenters. The van der Waals surface area contributed by atoms with Gasteiger partial charge in [0.25, 0.3) is 0 Å². The third kappa shape index (κ3) is 4.46. The van der Waals surface area contributed by atoms with Crippen LogP contribution < -0.4 is 0 Å². The Morgan fingerprint density at radius 3 is 2.17 bits per heavy atom. The average Bonchev–Trinajstić information content (AvgIpc) is 3.01. The summed E-state index contributed by atoms with van der Waals surface area (Å²) in [6.45, 7) is 12.5. The molecule has 46 heavy (non-hydrogen) atoms. The zero-order chi connectivity index (χ0) is 33.8. The molecule has 10 nitrogen and oxygen atoms in total. The standard InChI is InChI=1S/C36H58O10/c1-31(2)13-15-36(30(44)46-29-27(42)26(41)25(40)20(17-37)45-29)16-14-34(5)19(24(36)28(31)43)7-8-22-32(3)11-10-23(39)33(4,18-38)21(32)9-12-35(22,34)6/h7,20-29,37-43H,8-18H2,1-6H3/t20-,21-,22-,23+,24-,25-,26+,27-,28+,29+,32+,33-,34-,35-,36+/m1/s1. The van der Waals surface area contributed by atoms with E-state index < -0.39 is 77.7 Å². The first-order valence-corrected chi connectivity index (χ1v) is 17.6. The SMILES string of the molecule is CC1(C)CC[C@]2(C(=O)O[C@@H]3O[C@H](CO)[C@@H](O)[C@H](O)[C@H]3O)CC[C@]3(C)C(=CC[C@@H]4[C@@]5(C)CC[C@H](O)[C@](C)(CO)[C@@H]5CC[C@]43C)[C@@H]2[C@@H]1O. The van der Waals surface area contributed by atoms with Crippen molar-refractivity contribution in [1.82, 2.24) is 0 Å². The maximum Gasteiger partial charge on any atom is 0.315 e. The molecule has 0 radical (unpaired) electrons. The Hall–Kier alpha value is -1.11. The highest BCUT2D eigenvalue weighted by Crippen LogP contribution is 2.75. The zero-order valence-electron chi connectivity index (χ0n) is 28.5. The number of carbonyl (C=O) groups excluding carboxylic acids is 1. The number of fused-ring (bicyclic) bond motifs is 7. The number of hydrogen-bond donors (Lipinski definition) is 7. The molecule has 0 bridgehead atoms. The molecule has 1 saturated heterocycles. The van der Waals surface area contributed by atoms with Crippen molar-refractivity contribution in [3.8, 4) is 0 Å². The van der Waals surface area contributed by atoms with Gasteiger partial charge in [-0.3, -0.25) is 4.79 Å². The number of aliphatic hydroxyl groups excluding tert-OH is 7. The summed E-state index contributed by atoms with van der Waals surface area (Å²) in [6.07, 6.45) is -0.337. The Morgan fingerprint density at radius 2 is 1.52 bits per heavy atom. The van der Waals surface area contributed by atoms with Crippen LogP contribution in [-0.4, -0.2) is 97.8 Å². The maximum absolute atomic E-state index is 14.4. The molecule has 5 fully saturated rings. The van der Waals surface area contributed by atoms with Gasteiger partial charge in [-0.05, 0) is 91.3 Å². The summed E-state index contributed by atoms with van der Waals surface area (Å²) in [6, 6.07) is 0. The third-order valence-electron chi connectivity index (χ3n) is 15.5. The lowest BCUT2D eigenvalue weighted by Gasteiger charge is -2.71. The number of esters is 1. The number of hydrogen-bond acceptors (Lipinski definition) is 10. The Labute approximate surface area is 273 Å². The molecule has 0 spiro atoms. The number of ether oxygens (including phenoxy) is 2. The van der Waals surface area contributed by atoms with Crippen LogP contribution >= 0.6 is 0 Å². The molecule has 6 aliphatic rings. The van der Waals surface area contributed by atoms with E-state index in [0.29, 0.717) is 38.0 Å². The van der Waals surface area contributed by atoms with Gasteiger partial charge in [0.1, 0.15) is 24.4 Å². The molecule has 1 heterocycles. The van der Waals surface area contributed by atoms with Gasteiger partial charge in [-0.1, -0.05) is 53.2 Å². The molecule has 0 aromatic carbocycles. The summed E-state index contributed by atoms with van der Waals surface area (Å²) in [5, 5.41) is 74.8. The van der Waals surface area contributed by atoms with Gasteiger partial charge < -0.3 is 45.2 Å². The normalized spacial score (nSPS) is 54.8. The second-order valence-electron chi connectivity index (χ2n) is 17.7. The topological polar surface area (TPSA) is 177 Å². The van der Waals surface area contributed by atoms with Gasteiger partial charge in [0.2, 0.25) is 6.29 Å². The van der Waals surface area contributed by atoms with Crippen molar-refractivity contribution in [3.05, 3.63) is 11.6 Å². The summed E-state index contributed by atoms with van der Waals surface area (Å²) < 4.78 is 11.4. The molecular weight excluding hydrogens is 592 g/mol. The Balaban J connectivity index is 1.38. The minimum Gasteiger partial charge on any atom is -0.432 e. The van der Waals surface area contributed by atoms with E-state index in [1.54, 1.807) is 0 Å². The van der Waals surface area contributed by atoms with Gasteiger partial charge in [0, 0.05) is 11.3 Å². The van der Waals surface area contributed by atoms with Gasteiger partial charge in [0.05, 0.1) is 30.8 Å². The monoisotopic (exact) mass is 650 g/mol. The fraction of sp³-hybridized carbons (Fsp3) is 0.917. The molecule has 10 heteroatoms. The lowest BCUT2D eigenvalue weighted by Crippen LogP contribution is -2.67. The van der Waals surface area contributed by atoms with Crippen LogP contribution in [0.15, 0.2) is 11.6 Å². The van der Waals surface area contributed by atoms with Crippen molar-refractivity contribution in [3.63, 3.8) is 0 Å². The molecular formula is C36H58O10. The van der Waals surface area contributed by atoms with Gasteiger partial charge in [-0.2, -0.15) is 0 Å². The molecule has 7 N–H and O–H groups in total. The zero-order valence-corrected chi connectivity index (χ0v) is 28.5. The highest BCUT2D eigenvalue weighted by molar-refractivity contribution is 5.79. The van der Waals surface area contributed by atoms with E-state index >= 15 is 0 Å². The van der Waals surface area contributed by atoms with Crippen molar-refractivity contribution in [2.45, 2.75) is 142 Å². The first-order valence-electron chi connectivity index (χ1n) is 17.6. The quantitative estimate of drug-likeness (QED) is 0.177. The summed E-state index contributed by atoms with van der Waals surface area (Å²) >= 11 is 0. The predicted octanol–water partition coefficient (Wildman–Crippen LogP) is 2.44. The minimum atomic E-state index is -1.70. The number of aliphatic hydroxyl groups is 7. The highest BCUT2D eigenvalue weighted by atomic mass is 16.7. The van der Waals surface area contributed by atoms with E-state index in [0.717, 1.165) is 31.3 Å². The van der Waals surface area contributed by atoms with E-state index in [1.807, 2.05) is 20.8 Å². The first-order chi connectivity index (χ1) is 21.4. The van der Waals surface area contributed by atoms with Gasteiger partial charge >= 0.3 is 5.97 Å². The van der Waals surface area contributed by atoms with Crippen LogP contribution in [0.25, 0.3) is 0 Å². The van der Waals surface area contributed by atoms with Crippen molar-refractivity contribution in [1.29, 1.82) is 0 Å². The maximum atomic E-state index is 14.4. The van der Waals surface area contributed by atoms with Crippen LogP contribution in [0.4, 0.5) is 0 Å². The molecule has 262 valence electrons. The van der Waals surface area contributed by atoms with Crippen LogP contribution in [0, 0.1) is 50.2 Å². The summed E-state index contributed by atoms with van der Waals surface area (Å²) in [7, 11) is 0. The van der Waals surface area contributed by atoms with Gasteiger partial charge in [-0.15, -0.1) is 0 Å². The van der Waals surface area contributed by atoms with Crippen molar-refractivity contribution >= 4 is 5.97 Å². The Bertz CT molecular complexity index is 1240. The largest absolute Gasteiger partial charge is 0.432 e. The first kappa shape index (κ1) is 34.7. The number of carbonyl (C=O) groups is 1. The fourth-order valence-electron chi connectivity index (χ4n) is 12.0. The van der Waals surface area contributed by atoms with Crippen LogP contribution in [0.3, 0.4) is 0 Å². The molecule has 15 atom stereocenters. The highest BCUT2D eigenvalue weighted by Gasteiger charge is 2.71. The second kappa shape index (κ2) is 11.2. The van der Waals surface area contributed by atoms with Gasteiger partial charge in [0.15, 0.2) is 0 Å². The average molecular weight is 651 g/mol. The molecule has 1 aliphatic heterocycles. The van der Waals surface area contributed by atoms with Crippen molar-refractivity contribution in [2.75, 3.05) is 13.2 Å². The van der Waals surface area contributed by atoms with Crippen LogP contribution in [-0.2, 0) is 14.3 Å². The van der Waals surface area contributed by atoms with E-state index in [9.17, 15) is 40.5 Å².